The Kier molecular flexibility index (Phi) is 4.74. The van der Waals surface area contributed by atoms with E-state index in [0.717, 1.165) is 0 Å². The molecule has 0 aromatic heterocycles. The molecule has 104 valence electrons. The standard InChI is InChI=1S/C13H17NO5/c1-14(2)11(15)7-8-5-9(13(16)17)6-10(18-3)12(8)19-4/h5-6H,7H2,1-4H3,(H,16,17). The van der Waals surface area contributed by atoms with Gasteiger partial charge in [-0.05, 0) is 12.1 Å². The Hall–Kier alpha value is -2.24. The minimum atomic E-state index is -1.08. The van der Waals surface area contributed by atoms with Crippen molar-refractivity contribution in [2.75, 3.05) is 28.3 Å². The number of amides is 1. The summed E-state index contributed by atoms with van der Waals surface area (Å²) in [5.41, 5.74) is 0.539. The van der Waals surface area contributed by atoms with Gasteiger partial charge in [0.1, 0.15) is 0 Å². The lowest BCUT2D eigenvalue weighted by molar-refractivity contribution is -0.127. The van der Waals surface area contributed by atoms with E-state index < -0.39 is 5.97 Å². The van der Waals surface area contributed by atoms with Crippen molar-refractivity contribution in [2.45, 2.75) is 6.42 Å². The van der Waals surface area contributed by atoms with Crippen LogP contribution in [0, 0.1) is 0 Å². The van der Waals surface area contributed by atoms with Crippen LogP contribution in [0.3, 0.4) is 0 Å². The molecule has 1 aromatic rings. The molecule has 0 bridgehead atoms. The second kappa shape index (κ2) is 6.08. The Morgan fingerprint density at radius 3 is 2.26 bits per heavy atom. The van der Waals surface area contributed by atoms with Gasteiger partial charge in [-0.1, -0.05) is 0 Å². The number of hydrogen-bond acceptors (Lipinski definition) is 4. The van der Waals surface area contributed by atoms with Gasteiger partial charge in [0.2, 0.25) is 5.91 Å². The largest absolute Gasteiger partial charge is 0.493 e. The van der Waals surface area contributed by atoms with Crippen LogP contribution in [0.5, 0.6) is 11.5 Å². The zero-order chi connectivity index (χ0) is 14.6. The number of rotatable bonds is 5. The van der Waals surface area contributed by atoms with E-state index in [1.807, 2.05) is 0 Å². The highest BCUT2D eigenvalue weighted by Crippen LogP contribution is 2.33. The lowest BCUT2D eigenvalue weighted by Gasteiger charge is -2.15. The third kappa shape index (κ3) is 3.37. The van der Waals surface area contributed by atoms with E-state index in [9.17, 15) is 9.59 Å². The van der Waals surface area contributed by atoms with E-state index >= 15 is 0 Å². The maximum Gasteiger partial charge on any atom is 0.335 e. The normalized spacial score (nSPS) is 9.89. The van der Waals surface area contributed by atoms with Crippen molar-refractivity contribution in [3.05, 3.63) is 23.3 Å². The molecule has 0 aliphatic heterocycles. The van der Waals surface area contributed by atoms with E-state index in [4.69, 9.17) is 14.6 Å². The first-order valence-electron chi connectivity index (χ1n) is 5.59. The van der Waals surface area contributed by atoms with Crippen molar-refractivity contribution in [3.8, 4) is 11.5 Å². The predicted octanol–water partition coefficient (Wildman–Crippen LogP) is 1.03. The summed E-state index contributed by atoms with van der Waals surface area (Å²) >= 11 is 0. The minimum absolute atomic E-state index is 0.0493. The average Bonchev–Trinajstić information content (AvgIpc) is 2.37. The summed E-state index contributed by atoms with van der Waals surface area (Å²) in [7, 11) is 6.13. The predicted molar refractivity (Wildman–Crippen MR) is 68.9 cm³/mol. The number of carboxylic acid groups (broad SMARTS) is 1. The molecule has 0 aliphatic carbocycles. The van der Waals surface area contributed by atoms with E-state index in [1.54, 1.807) is 14.1 Å². The number of hydrogen-bond donors (Lipinski definition) is 1. The summed E-state index contributed by atoms with van der Waals surface area (Å²) in [6, 6.07) is 2.79. The topological polar surface area (TPSA) is 76.1 Å². The summed E-state index contributed by atoms with van der Waals surface area (Å²) in [5.74, 6) is -0.561. The average molecular weight is 267 g/mol. The molecular weight excluding hydrogens is 250 g/mol. The lowest BCUT2D eigenvalue weighted by atomic mass is 10.0. The summed E-state index contributed by atoms with van der Waals surface area (Å²) in [4.78, 5) is 24.2. The SMILES string of the molecule is COc1cc(C(=O)O)cc(CC(=O)N(C)C)c1OC. The van der Waals surface area contributed by atoms with E-state index in [2.05, 4.69) is 0 Å². The van der Waals surface area contributed by atoms with Crippen molar-refractivity contribution >= 4 is 11.9 Å². The number of methoxy groups -OCH3 is 2. The van der Waals surface area contributed by atoms with Crippen LogP contribution in [0.2, 0.25) is 0 Å². The molecule has 0 unspecified atom stereocenters. The molecule has 0 spiro atoms. The summed E-state index contributed by atoms with van der Waals surface area (Å²) in [6.45, 7) is 0. The van der Waals surface area contributed by atoms with Gasteiger partial charge in [-0.25, -0.2) is 4.79 Å². The molecule has 6 nitrogen and oxygen atoms in total. The third-order valence-electron chi connectivity index (χ3n) is 2.64. The molecule has 0 aliphatic rings. The fourth-order valence-electron chi connectivity index (χ4n) is 1.62. The van der Waals surface area contributed by atoms with Crippen molar-refractivity contribution in [2.24, 2.45) is 0 Å². The lowest BCUT2D eigenvalue weighted by Crippen LogP contribution is -2.24. The first kappa shape index (κ1) is 14.8. The Labute approximate surface area is 111 Å². The van der Waals surface area contributed by atoms with Crippen LogP contribution >= 0.6 is 0 Å². The zero-order valence-corrected chi connectivity index (χ0v) is 11.4. The first-order chi connectivity index (χ1) is 8.90. The second-order valence-corrected chi connectivity index (χ2v) is 4.14. The first-order valence-corrected chi connectivity index (χ1v) is 5.59. The highest BCUT2D eigenvalue weighted by Gasteiger charge is 2.18. The number of ether oxygens (including phenoxy) is 2. The minimum Gasteiger partial charge on any atom is -0.493 e. The van der Waals surface area contributed by atoms with Gasteiger partial charge in [-0.2, -0.15) is 0 Å². The maximum absolute atomic E-state index is 11.7. The monoisotopic (exact) mass is 267 g/mol. The number of carbonyl (C=O) groups excluding carboxylic acids is 1. The molecule has 1 aromatic carbocycles. The van der Waals surface area contributed by atoms with Crippen LogP contribution in [0.4, 0.5) is 0 Å². The van der Waals surface area contributed by atoms with Crippen LogP contribution in [0.1, 0.15) is 15.9 Å². The van der Waals surface area contributed by atoms with Gasteiger partial charge in [0.25, 0.3) is 0 Å². The van der Waals surface area contributed by atoms with Crippen molar-refractivity contribution in [1.82, 2.24) is 4.90 Å². The number of benzene rings is 1. The highest BCUT2D eigenvalue weighted by atomic mass is 16.5. The number of aromatic carboxylic acids is 1. The van der Waals surface area contributed by atoms with E-state index in [-0.39, 0.29) is 17.9 Å². The Morgan fingerprint density at radius 1 is 1.21 bits per heavy atom. The van der Waals surface area contributed by atoms with Crippen molar-refractivity contribution in [1.29, 1.82) is 0 Å². The zero-order valence-electron chi connectivity index (χ0n) is 11.4. The molecule has 0 atom stereocenters. The number of carboxylic acids is 1. The highest BCUT2D eigenvalue weighted by molar-refractivity contribution is 5.90. The van der Waals surface area contributed by atoms with E-state index in [1.165, 1.54) is 31.3 Å². The summed E-state index contributed by atoms with van der Waals surface area (Å²) in [6.07, 6.45) is 0.0493. The molecule has 1 rings (SSSR count). The fraction of sp³-hybridized carbons (Fsp3) is 0.385. The molecule has 0 radical (unpaired) electrons. The van der Waals surface area contributed by atoms with Crippen LogP contribution < -0.4 is 9.47 Å². The van der Waals surface area contributed by atoms with Gasteiger partial charge >= 0.3 is 5.97 Å². The Morgan fingerprint density at radius 2 is 1.84 bits per heavy atom. The molecule has 0 fully saturated rings. The van der Waals surface area contributed by atoms with Gasteiger partial charge in [0.05, 0.1) is 26.2 Å². The Balaban J connectivity index is 3.29. The van der Waals surface area contributed by atoms with Crippen LogP contribution in [0.15, 0.2) is 12.1 Å². The molecular formula is C13H17NO5. The third-order valence-corrected chi connectivity index (χ3v) is 2.64. The van der Waals surface area contributed by atoms with Crippen LogP contribution in [-0.2, 0) is 11.2 Å². The number of likely N-dealkylation sites (N-methyl/N-ethyl adjacent to an activating group) is 1. The molecule has 0 saturated carbocycles. The van der Waals surface area contributed by atoms with Crippen molar-refractivity contribution in [3.63, 3.8) is 0 Å². The molecule has 0 heterocycles. The van der Waals surface area contributed by atoms with Gasteiger partial charge in [-0.3, -0.25) is 4.79 Å². The Bertz CT molecular complexity index is 496. The summed E-state index contributed by atoms with van der Waals surface area (Å²) < 4.78 is 10.3. The maximum atomic E-state index is 11.7. The molecule has 0 saturated heterocycles. The van der Waals surface area contributed by atoms with Gasteiger partial charge in [0, 0.05) is 19.7 Å². The number of carbonyl (C=O) groups is 2. The second-order valence-electron chi connectivity index (χ2n) is 4.14. The molecule has 1 amide bonds. The quantitative estimate of drug-likeness (QED) is 0.862. The van der Waals surface area contributed by atoms with Gasteiger partial charge in [0.15, 0.2) is 11.5 Å². The van der Waals surface area contributed by atoms with Crippen LogP contribution in [-0.4, -0.2) is 50.2 Å². The van der Waals surface area contributed by atoms with Crippen LogP contribution in [0.25, 0.3) is 0 Å². The van der Waals surface area contributed by atoms with Crippen molar-refractivity contribution < 1.29 is 24.2 Å². The molecule has 6 heteroatoms. The smallest absolute Gasteiger partial charge is 0.335 e. The summed E-state index contributed by atoms with van der Waals surface area (Å²) in [5, 5.41) is 9.04. The molecule has 1 N–H and O–H groups in total. The van der Waals surface area contributed by atoms with Gasteiger partial charge in [-0.15, -0.1) is 0 Å². The van der Waals surface area contributed by atoms with E-state index in [0.29, 0.717) is 17.1 Å². The number of nitrogens with zero attached hydrogens (tertiary/aromatic N) is 1. The van der Waals surface area contributed by atoms with Gasteiger partial charge < -0.3 is 19.5 Å². The molecule has 19 heavy (non-hydrogen) atoms. The fourth-order valence-corrected chi connectivity index (χ4v) is 1.62.